The maximum Gasteiger partial charge on any atom is 0.251 e. The molecule has 5 N–H and O–H groups in total. The van der Waals surface area contributed by atoms with Gasteiger partial charge in [0.15, 0.2) is 0 Å². The number of hydrogen-bond donors (Lipinski definition) is 5. The van der Waals surface area contributed by atoms with E-state index in [0.717, 1.165) is 11.1 Å². The topological polar surface area (TPSA) is 157 Å². The minimum Gasteiger partial charge on any atom is -0.384 e. The summed E-state index contributed by atoms with van der Waals surface area (Å²) in [6, 6.07) is 13.2. The minimum absolute atomic E-state index is 0.0607. The first kappa shape index (κ1) is 34.2. The summed E-state index contributed by atoms with van der Waals surface area (Å²) < 4.78 is 0. The van der Waals surface area contributed by atoms with Gasteiger partial charge in [-0.3, -0.25) is 24.0 Å². The second kappa shape index (κ2) is 16.6. The van der Waals surface area contributed by atoms with Crippen molar-refractivity contribution < 1.29 is 29.1 Å². The van der Waals surface area contributed by atoms with Crippen molar-refractivity contribution >= 4 is 29.5 Å². The summed E-state index contributed by atoms with van der Waals surface area (Å²) >= 11 is 0. The first-order chi connectivity index (χ1) is 20.9. The molecular formula is C33H45N5O6. The van der Waals surface area contributed by atoms with E-state index in [0.29, 0.717) is 37.9 Å². The lowest BCUT2D eigenvalue weighted by molar-refractivity contribution is -0.140. The lowest BCUT2D eigenvalue weighted by Crippen LogP contribution is -2.57. The van der Waals surface area contributed by atoms with Crippen molar-refractivity contribution in [3.8, 4) is 0 Å². The Balaban J connectivity index is 1.92. The van der Waals surface area contributed by atoms with Gasteiger partial charge in [0.2, 0.25) is 17.7 Å². The highest BCUT2D eigenvalue weighted by Gasteiger charge is 2.29. The lowest BCUT2D eigenvalue weighted by atomic mass is 10.0. The van der Waals surface area contributed by atoms with Crippen LogP contribution in [0.4, 0.5) is 0 Å². The quantitative estimate of drug-likeness (QED) is 0.326. The highest BCUT2D eigenvalue weighted by atomic mass is 16.3. The Bertz CT molecular complexity index is 1280. The van der Waals surface area contributed by atoms with Gasteiger partial charge in [-0.2, -0.15) is 0 Å². The van der Waals surface area contributed by atoms with Crippen molar-refractivity contribution in [2.75, 3.05) is 13.1 Å². The van der Waals surface area contributed by atoms with Gasteiger partial charge in [-0.15, -0.1) is 0 Å². The van der Waals surface area contributed by atoms with Crippen molar-refractivity contribution in [3.63, 3.8) is 0 Å². The third kappa shape index (κ3) is 10.5. The van der Waals surface area contributed by atoms with E-state index in [4.69, 9.17) is 0 Å². The molecule has 0 spiro atoms. The van der Waals surface area contributed by atoms with Gasteiger partial charge < -0.3 is 31.3 Å². The van der Waals surface area contributed by atoms with E-state index in [2.05, 4.69) is 21.3 Å². The number of nitrogens with zero attached hydrogens (tertiary/aromatic N) is 1. The molecule has 44 heavy (non-hydrogen) atoms. The molecule has 2 bridgehead atoms. The minimum atomic E-state index is -1.18. The van der Waals surface area contributed by atoms with E-state index >= 15 is 0 Å². The van der Waals surface area contributed by atoms with E-state index in [1.165, 1.54) is 6.92 Å². The standard InChI is InChI=1S/C33H45N5O6/c1-21(2)18-27-31(42)35-22(3)29(40)34-16-8-9-17-38(33(44)23(4)39)20-25-12-14-26(15-13-25)30(41)36-28(32(43)37-27)19-24-10-6-5-7-11-24/h5-7,10-15,21-23,27-28,39H,8-9,16-20H2,1-4H3,(H,34,40)(H,35,42)(H,36,41)(H,37,43)/t22-,23-,27+,28-/m1/s1. The van der Waals surface area contributed by atoms with Gasteiger partial charge in [-0.05, 0) is 62.3 Å². The van der Waals surface area contributed by atoms with Crippen molar-refractivity contribution in [2.24, 2.45) is 5.92 Å². The summed E-state index contributed by atoms with van der Waals surface area (Å²) in [6.45, 7) is 7.78. The van der Waals surface area contributed by atoms with E-state index in [9.17, 15) is 29.1 Å². The van der Waals surface area contributed by atoms with Crippen LogP contribution < -0.4 is 21.3 Å². The molecule has 2 aromatic carbocycles. The number of hydrogen-bond acceptors (Lipinski definition) is 6. The fraction of sp³-hybridized carbons (Fsp3) is 0.485. The van der Waals surface area contributed by atoms with Gasteiger partial charge in [0.1, 0.15) is 24.2 Å². The average Bonchev–Trinajstić information content (AvgIpc) is 2.99. The smallest absolute Gasteiger partial charge is 0.251 e. The number of aliphatic hydroxyl groups excluding tert-OH is 1. The zero-order valence-corrected chi connectivity index (χ0v) is 26.0. The number of amides is 5. The van der Waals surface area contributed by atoms with E-state index in [1.807, 2.05) is 44.2 Å². The summed E-state index contributed by atoms with van der Waals surface area (Å²) in [6.07, 6.45) is 0.503. The number of nitrogens with one attached hydrogen (secondary N) is 4. The van der Waals surface area contributed by atoms with Crippen molar-refractivity contribution in [2.45, 2.75) is 84.2 Å². The molecule has 5 amide bonds. The largest absolute Gasteiger partial charge is 0.384 e. The van der Waals surface area contributed by atoms with Crippen LogP contribution in [0.3, 0.4) is 0 Å². The fourth-order valence-corrected chi connectivity index (χ4v) is 4.96. The number of benzene rings is 2. The van der Waals surface area contributed by atoms with Crippen LogP contribution in [0.5, 0.6) is 0 Å². The zero-order chi connectivity index (χ0) is 32.2. The maximum atomic E-state index is 13.6. The summed E-state index contributed by atoms with van der Waals surface area (Å²) in [7, 11) is 0. The van der Waals surface area contributed by atoms with Crippen LogP contribution in [-0.4, -0.2) is 76.9 Å². The van der Waals surface area contributed by atoms with Crippen LogP contribution in [0.15, 0.2) is 54.6 Å². The van der Waals surface area contributed by atoms with Gasteiger partial charge in [0, 0.05) is 31.6 Å². The molecule has 2 aromatic rings. The van der Waals surface area contributed by atoms with Crippen LogP contribution in [0.25, 0.3) is 0 Å². The van der Waals surface area contributed by atoms with Crippen molar-refractivity contribution in [1.29, 1.82) is 0 Å². The molecule has 0 saturated heterocycles. The molecular weight excluding hydrogens is 562 g/mol. The number of fused-ring (bicyclic) bond motifs is 18. The predicted octanol–water partition coefficient (Wildman–Crippen LogP) is 1.68. The lowest BCUT2D eigenvalue weighted by Gasteiger charge is -2.25. The van der Waals surface area contributed by atoms with E-state index in [1.54, 1.807) is 36.1 Å². The monoisotopic (exact) mass is 607 g/mol. The first-order valence-corrected chi connectivity index (χ1v) is 15.2. The highest BCUT2D eigenvalue weighted by molar-refractivity contribution is 5.99. The molecule has 4 rings (SSSR count). The van der Waals surface area contributed by atoms with E-state index in [-0.39, 0.29) is 24.8 Å². The molecule has 4 atom stereocenters. The SMILES string of the molecule is CC(C)C[C@@H]1NC(=O)[C@@H](Cc2ccccc2)NC(=O)c2ccc(cc2)CN(C(=O)[C@@H](C)O)CCCCNC(=O)[C@@H](C)NC1=O. The van der Waals surface area contributed by atoms with Crippen LogP contribution in [-0.2, 0) is 32.1 Å². The molecule has 2 aliphatic rings. The molecule has 2 aliphatic heterocycles. The van der Waals surface area contributed by atoms with E-state index < -0.39 is 47.9 Å². The summed E-state index contributed by atoms with van der Waals surface area (Å²) in [5.74, 6) is -2.21. The van der Waals surface area contributed by atoms with Gasteiger partial charge >= 0.3 is 0 Å². The van der Waals surface area contributed by atoms with Crippen LogP contribution >= 0.6 is 0 Å². The number of carbonyl (C=O) groups excluding carboxylic acids is 5. The van der Waals surface area contributed by atoms with Gasteiger partial charge in [-0.25, -0.2) is 0 Å². The third-order valence-corrected chi connectivity index (χ3v) is 7.41. The Hall–Kier alpha value is -4.25. The molecule has 11 nitrogen and oxygen atoms in total. The number of rotatable bonds is 5. The van der Waals surface area contributed by atoms with Crippen molar-refractivity contribution in [3.05, 3.63) is 71.3 Å². The molecule has 0 saturated carbocycles. The van der Waals surface area contributed by atoms with Crippen LogP contribution in [0.1, 0.15) is 68.4 Å². The summed E-state index contributed by atoms with van der Waals surface area (Å²) in [5, 5.41) is 21.1. The average molecular weight is 608 g/mol. The molecule has 0 aliphatic carbocycles. The van der Waals surface area contributed by atoms with Gasteiger partial charge in [0.25, 0.3) is 11.8 Å². The second-order valence-electron chi connectivity index (χ2n) is 11.8. The third-order valence-electron chi connectivity index (χ3n) is 7.41. The second-order valence-corrected chi connectivity index (χ2v) is 11.8. The number of aliphatic hydroxyl groups is 1. The summed E-state index contributed by atoms with van der Waals surface area (Å²) in [5.41, 5.74) is 1.92. The zero-order valence-electron chi connectivity index (χ0n) is 26.0. The van der Waals surface area contributed by atoms with Crippen LogP contribution in [0, 0.1) is 5.92 Å². The Morgan fingerprint density at radius 1 is 0.864 bits per heavy atom. The highest BCUT2D eigenvalue weighted by Crippen LogP contribution is 2.13. The molecule has 0 fully saturated rings. The molecule has 2 heterocycles. The van der Waals surface area contributed by atoms with Crippen LogP contribution in [0.2, 0.25) is 0 Å². The Morgan fingerprint density at radius 3 is 2.16 bits per heavy atom. The normalized spacial score (nSPS) is 21.9. The maximum absolute atomic E-state index is 13.6. The Kier molecular flexibility index (Phi) is 12.9. The molecule has 238 valence electrons. The molecule has 11 heteroatoms. The molecule has 0 unspecified atom stereocenters. The predicted molar refractivity (Wildman–Crippen MR) is 166 cm³/mol. The molecule has 0 aromatic heterocycles. The summed E-state index contributed by atoms with van der Waals surface area (Å²) in [4.78, 5) is 67.2. The Labute approximate surface area is 259 Å². The fourth-order valence-electron chi connectivity index (χ4n) is 4.96. The van der Waals surface area contributed by atoms with Gasteiger partial charge in [0.05, 0.1) is 0 Å². The van der Waals surface area contributed by atoms with Crippen molar-refractivity contribution in [1.82, 2.24) is 26.2 Å². The first-order valence-electron chi connectivity index (χ1n) is 15.2. The Morgan fingerprint density at radius 2 is 1.52 bits per heavy atom. The number of carbonyl (C=O) groups is 5. The van der Waals surface area contributed by atoms with Gasteiger partial charge in [-0.1, -0.05) is 56.3 Å². The molecule has 0 radical (unpaired) electrons.